The van der Waals surface area contributed by atoms with Gasteiger partial charge in [0.1, 0.15) is 5.69 Å². The van der Waals surface area contributed by atoms with Crippen molar-refractivity contribution in [2.24, 2.45) is 4.99 Å². The number of rotatable bonds is 3. The van der Waals surface area contributed by atoms with Crippen LogP contribution in [0.4, 0.5) is 11.5 Å². The Morgan fingerprint density at radius 3 is 2.44 bits per heavy atom. The van der Waals surface area contributed by atoms with E-state index in [1.54, 1.807) is 4.90 Å². The number of aromatic amines is 1. The number of nitrogens with one attached hydrogen (secondary N) is 1. The number of aromatic nitrogens is 2. The highest BCUT2D eigenvalue weighted by atomic mass is 16.2. The topological polar surface area (TPSA) is 61.4 Å². The van der Waals surface area contributed by atoms with Gasteiger partial charge in [0, 0.05) is 11.3 Å². The van der Waals surface area contributed by atoms with E-state index in [0.717, 1.165) is 28.2 Å². The van der Waals surface area contributed by atoms with Crippen LogP contribution in [0.15, 0.2) is 65.7 Å². The van der Waals surface area contributed by atoms with Crippen molar-refractivity contribution in [1.29, 1.82) is 0 Å². The molecule has 0 bridgehead atoms. The molecule has 3 aromatic rings. The van der Waals surface area contributed by atoms with Crippen molar-refractivity contribution >= 4 is 23.1 Å². The summed E-state index contributed by atoms with van der Waals surface area (Å²) in [7, 11) is 0. The zero-order chi connectivity index (χ0) is 17.2. The van der Waals surface area contributed by atoms with Crippen LogP contribution in [0.5, 0.6) is 0 Å². The minimum absolute atomic E-state index is 0.00923. The molecule has 2 heterocycles. The third kappa shape index (κ3) is 2.96. The summed E-state index contributed by atoms with van der Waals surface area (Å²) in [6.07, 6.45) is 0.303. The number of amides is 1. The number of aliphatic imine (C=N–C) groups is 1. The number of benzene rings is 2. The second-order valence-electron chi connectivity index (χ2n) is 6.13. The highest BCUT2D eigenvalue weighted by Gasteiger charge is 2.28. The lowest BCUT2D eigenvalue weighted by Crippen LogP contribution is -2.31. The Morgan fingerprint density at radius 1 is 1.04 bits per heavy atom. The highest BCUT2D eigenvalue weighted by molar-refractivity contribution is 6.11. The van der Waals surface area contributed by atoms with Crippen molar-refractivity contribution < 1.29 is 4.79 Å². The first-order valence-electron chi connectivity index (χ1n) is 8.24. The molecule has 0 unspecified atom stereocenters. The van der Waals surface area contributed by atoms with Crippen molar-refractivity contribution in [3.63, 3.8) is 0 Å². The van der Waals surface area contributed by atoms with Gasteiger partial charge in [-0.2, -0.15) is 5.10 Å². The third-order valence-corrected chi connectivity index (χ3v) is 4.23. The molecule has 1 aliphatic rings. The summed E-state index contributed by atoms with van der Waals surface area (Å²) in [5.41, 5.74) is 4.42. The Kier molecular flexibility index (Phi) is 3.90. The van der Waals surface area contributed by atoms with Gasteiger partial charge in [-0.1, -0.05) is 60.7 Å². The Bertz CT molecular complexity index is 929. The fourth-order valence-corrected chi connectivity index (χ4v) is 3.02. The van der Waals surface area contributed by atoms with Crippen LogP contribution in [-0.4, -0.2) is 21.8 Å². The number of fused-ring (bicyclic) bond motifs is 1. The number of nitrogens with zero attached hydrogens (tertiary/aromatic N) is 3. The number of hydrogen-bond donors (Lipinski definition) is 1. The van der Waals surface area contributed by atoms with Gasteiger partial charge in [0.15, 0.2) is 5.82 Å². The van der Waals surface area contributed by atoms with Crippen molar-refractivity contribution in [2.45, 2.75) is 19.9 Å². The third-order valence-electron chi connectivity index (χ3n) is 4.23. The molecule has 4 rings (SSSR count). The summed E-state index contributed by atoms with van der Waals surface area (Å²) in [6, 6.07) is 19.9. The number of anilines is 1. The number of H-pyrrole nitrogens is 1. The lowest BCUT2D eigenvalue weighted by Gasteiger charge is -2.19. The lowest BCUT2D eigenvalue weighted by atomic mass is 10.1. The molecule has 1 aliphatic heterocycles. The fourth-order valence-electron chi connectivity index (χ4n) is 3.02. The summed E-state index contributed by atoms with van der Waals surface area (Å²) in [4.78, 5) is 19.1. The van der Waals surface area contributed by atoms with Gasteiger partial charge in [-0.3, -0.25) is 19.8 Å². The predicted molar refractivity (Wildman–Crippen MR) is 99.0 cm³/mol. The van der Waals surface area contributed by atoms with Crippen LogP contribution in [0.1, 0.15) is 18.9 Å². The molecule has 5 nitrogen and oxygen atoms in total. The molecule has 1 N–H and O–H groups in total. The Hall–Kier alpha value is -3.21. The van der Waals surface area contributed by atoms with E-state index < -0.39 is 0 Å². The first-order valence-corrected chi connectivity index (χ1v) is 8.24. The van der Waals surface area contributed by atoms with Gasteiger partial charge in [0.05, 0.1) is 18.7 Å². The van der Waals surface area contributed by atoms with Gasteiger partial charge in [-0.15, -0.1) is 0 Å². The predicted octanol–water partition coefficient (Wildman–Crippen LogP) is 4.11. The number of hydrogen-bond acceptors (Lipinski definition) is 3. The SMILES string of the molecule is CC1=Nc2c(n[nH]c2-c2ccccc2)N(Cc2ccccc2)C(=O)C1. The molecule has 1 amide bonds. The van der Waals surface area contributed by atoms with Gasteiger partial charge >= 0.3 is 0 Å². The molecule has 1 aromatic heterocycles. The van der Waals surface area contributed by atoms with Crippen LogP contribution >= 0.6 is 0 Å². The first-order chi connectivity index (χ1) is 12.2. The number of carbonyl (C=O) groups is 1. The van der Waals surface area contributed by atoms with Crippen LogP contribution in [0.3, 0.4) is 0 Å². The first kappa shape index (κ1) is 15.3. The van der Waals surface area contributed by atoms with Crippen LogP contribution < -0.4 is 4.90 Å². The van der Waals surface area contributed by atoms with E-state index in [4.69, 9.17) is 0 Å². The molecule has 0 aliphatic carbocycles. The summed E-state index contributed by atoms with van der Waals surface area (Å²) >= 11 is 0. The number of carbonyl (C=O) groups excluding carboxylic acids is 1. The van der Waals surface area contributed by atoms with Crippen molar-refractivity contribution in [1.82, 2.24) is 10.2 Å². The Labute approximate surface area is 146 Å². The molecular weight excluding hydrogens is 312 g/mol. The quantitative estimate of drug-likeness (QED) is 0.785. The maximum Gasteiger partial charge on any atom is 0.234 e. The molecule has 0 spiro atoms. The van der Waals surface area contributed by atoms with E-state index in [-0.39, 0.29) is 5.91 Å². The van der Waals surface area contributed by atoms with Crippen molar-refractivity contribution in [2.75, 3.05) is 4.90 Å². The van der Waals surface area contributed by atoms with Crippen LogP contribution in [0.25, 0.3) is 11.3 Å². The van der Waals surface area contributed by atoms with Crippen LogP contribution in [0.2, 0.25) is 0 Å². The second kappa shape index (κ2) is 6.36. The molecule has 25 heavy (non-hydrogen) atoms. The molecule has 0 saturated carbocycles. The van der Waals surface area contributed by atoms with E-state index >= 15 is 0 Å². The van der Waals surface area contributed by atoms with Gasteiger partial charge in [0.25, 0.3) is 0 Å². The van der Waals surface area contributed by atoms with Gasteiger partial charge in [0.2, 0.25) is 5.91 Å². The molecular formula is C20H18N4O. The smallest absolute Gasteiger partial charge is 0.234 e. The summed E-state index contributed by atoms with van der Waals surface area (Å²) in [5.74, 6) is 0.597. The molecule has 0 radical (unpaired) electrons. The maximum absolute atomic E-state index is 12.7. The van der Waals surface area contributed by atoms with E-state index in [1.807, 2.05) is 67.6 Å². The molecule has 0 saturated heterocycles. The summed E-state index contributed by atoms with van der Waals surface area (Å²) in [5, 5.41) is 7.49. The zero-order valence-corrected chi connectivity index (χ0v) is 13.9. The van der Waals surface area contributed by atoms with E-state index in [0.29, 0.717) is 18.8 Å². The van der Waals surface area contributed by atoms with E-state index in [2.05, 4.69) is 15.2 Å². The van der Waals surface area contributed by atoms with Gasteiger partial charge in [-0.25, -0.2) is 0 Å². The molecule has 2 aromatic carbocycles. The standard InChI is InChI=1S/C20H18N4O/c1-14-12-17(25)24(13-15-8-4-2-5-9-15)20-19(21-14)18(22-23-20)16-10-6-3-7-11-16/h2-11H,12-13H2,1H3,(H,22,23). The van der Waals surface area contributed by atoms with Crippen molar-refractivity contribution in [3.05, 3.63) is 66.2 Å². The van der Waals surface area contributed by atoms with E-state index in [1.165, 1.54) is 0 Å². The Morgan fingerprint density at radius 2 is 1.72 bits per heavy atom. The highest BCUT2D eigenvalue weighted by Crippen LogP contribution is 2.39. The molecule has 5 heteroatoms. The Balaban J connectivity index is 1.80. The molecule has 0 atom stereocenters. The summed E-state index contributed by atoms with van der Waals surface area (Å²) in [6.45, 7) is 2.37. The minimum Gasteiger partial charge on any atom is -0.289 e. The van der Waals surface area contributed by atoms with E-state index in [9.17, 15) is 4.79 Å². The van der Waals surface area contributed by atoms with Gasteiger partial charge < -0.3 is 0 Å². The molecule has 0 fully saturated rings. The maximum atomic E-state index is 12.7. The monoisotopic (exact) mass is 330 g/mol. The van der Waals surface area contributed by atoms with Crippen LogP contribution in [0, 0.1) is 0 Å². The van der Waals surface area contributed by atoms with Gasteiger partial charge in [-0.05, 0) is 12.5 Å². The average molecular weight is 330 g/mol. The normalized spacial score (nSPS) is 14.0. The largest absolute Gasteiger partial charge is 0.289 e. The second-order valence-corrected chi connectivity index (χ2v) is 6.13. The average Bonchev–Trinajstić information content (AvgIpc) is 2.99. The summed E-state index contributed by atoms with van der Waals surface area (Å²) < 4.78 is 0. The minimum atomic E-state index is 0.00923. The van der Waals surface area contributed by atoms with Crippen molar-refractivity contribution in [3.8, 4) is 11.3 Å². The molecule has 124 valence electrons. The zero-order valence-electron chi connectivity index (χ0n) is 13.9. The lowest BCUT2D eigenvalue weighted by molar-refractivity contribution is -0.117. The fraction of sp³-hybridized carbons (Fsp3) is 0.150. The van der Waals surface area contributed by atoms with Crippen LogP contribution in [-0.2, 0) is 11.3 Å².